The Kier molecular flexibility index (Phi) is 4.32. The number of benzene rings is 1. The predicted octanol–water partition coefficient (Wildman–Crippen LogP) is 0.143. The number of amides is 1. The molecule has 7 heteroatoms. The Morgan fingerprint density at radius 3 is 2.86 bits per heavy atom. The summed E-state index contributed by atoms with van der Waals surface area (Å²) < 4.78 is 5.46. The minimum atomic E-state index is -0.832. The van der Waals surface area contributed by atoms with Gasteiger partial charge in [0, 0.05) is 13.1 Å². The fraction of sp³-hybridized carbons (Fsp3) is 0.429. The first-order valence-electron chi connectivity index (χ1n) is 6.63. The summed E-state index contributed by atoms with van der Waals surface area (Å²) in [7, 11) is 0. The maximum atomic E-state index is 12.0. The van der Waals surface area contributed by atoms with Crippen LogP contribution in [0.4, 0.5) is 0 Å². The molecule has 0 aromatic heterocycles. The Balaban J connectivity index is 1.99. The van der Waals surface area contributed by atoms with Crippen molar-refractivity contribution in [3.8, 4) is 5.75 Å². The molecule has 0 bridgehead atoms. The Labute approximate surface area is 122 Å². The lowest BCUT2D eigenvalue weighted by Gasteiger charge is -2.19. The van der Waals surface area contributed by atoms with E-state index >= 15 is 0 Å². The highest BCUT2D eigenvalue weighted by Crippen LogP contribution is 2.21. The fourth-order valence-corrected chi connectivity index (χ4v) is 2.25. The van der Waals surface area contributed by atoms with Crippen LogP contribution in [0.1, 0.15) is 18.9 Å². The van der Waals surface area contributed by atoms with E-state index in [4.69, 9.17) is 15.7 Å². The third-order valence-electron chi connectivity index (χ3n) is 3.43. The van der Waals surface area contributed by atoms with Crippen LogP contribution in [0.5, 0.6) is 5.75 Å². The van der Waals surface area contributed by atoms with E-state index in [9.17, 15) is 9.90 Å². The first kappa shape index (κ1) is 15.1. The van der Waals surface area contributed by atoms with Crippen molar-refractivity contribution >= 4 is 11.7 Å². The van der Waals surface area contributed by atoms with Gasteiger partial charge in [0.15, 0.2) is 12.4 Å². The number of hydrogen-bond donors (Lipinski definition) is 3. The lowest BCUT2D eigenvalue weighted by Crippen LogP contribution is -2.36. The van der Waals surface area contributed by atoms with Gasteiger partial charge in [-0.25, -0.2) is 0 Å². The number of aliphatic hydroxyl groups is 1. The highest BCUT2D eigenvalue weighted by Gasteiger charge is 2.33. The molecular formula is C14H19N3O4. The third-order valence-corrected chi connectivity index (χ3v) is 3.43. The number of nitrogens with zero attached hydrogens (tertiary/aromatic N) is 2. The standard InChI is InChI=1S/C14H19N3O4/c1-14(19)6-7-17(9-14)12(18)8-21-11-5-3-2-4-10(11)13(15)16-20/h2-5,19-20H,6-9H2,1H3,(H2,15,16). The SMILES string of the molecule is CC1(O)CCN(C(=O)COc2ccccc2/C(N)=N/O)C1. The number of amidine groups is 1. The quantitative estimate of drug-likeness (QED) is 0.317. The molecule has 1 atom stereocenters. The van der Waals surface area contributed by atoms with Crippen LogP contribution < -0.4 is 10.5 Å². The zero-order valence-corrected chi connectivity index (χ0v) is 11.8. The molecule has 1 heterocycles. The number of nitrogens with two attached hydrogens (primary N) is 1. The highest BCUT2D eigenvalue weighted by atomic mass is 16.5. The van der Waals surface area contributed by atoms with E-state index in [1.165, 1.54) is 0 Å². The van der Waals surface area contributed by atoms with Gasteiger partial charge in [-0.2, -0.15) is 0 Å². The maximum absolute atomic E-state index is 12.0. The van der Waals surface area contributed by atoms with Crippen LogP contribution in [-0.2, 0) is 4.79 Å². The van der Waals surface area contributed by atoms with Gasteiger partial charge in [0.25, 0.3) is 5.91 Å². The molecule has 0 radical (unpaired) electrons. The monoisotopic (exact) mass is 293 g/mol. The predicted molar refractivity (Wildman–Crippen MR) is 76.3 cm³/mol. The van der Waals surface area contributed by atoms with Crippen LogP contribution >= 0.6 is 0 Å². The van der Waals surface area contributed by atoms with Crippen molar-refractivity contribution in [2.45, 2.75) is 18.9 Å². The van der Waals surface area contributed by atoms with Crippen molar-refractivity contribution in [3.63, 3.8) is 0 Å². The molecule has 114 valence electrons. The second-order valence-corrected chi connectivity index (χ2v) is 5.33. The van der Waals surface area contributed by atoms with Crippen LogP contribution in [0, 0.1) is 0 Å². The minimum Gasteiger partial charge on any atom is -0.483 e. The van der Waals surface area contributed by atoms with Gasteiger partial charge in [0.1, 0.15) is 5.75 Å². The van der Waals surface area contributed by atoms with Crippen molar-refractivity contribution < 1.29 is 19.8 Å². The molecule has 0 aliphatic carbocycles. The Morgan fingerprint density at radius 2 is 2.24 bits per heavy atom. The topological polar surface area (TPSA) is 108 Å². The second kappa shape index (κ2) is 6.01. The highest BCUT2D eigenvalue weighted by molar-refractivity contribution is 5.99. The Morgan fingerprint density at radius 1 is 1.52 bits per heavy atom. The summed E-state index contributed by atoms with van der Waals surface area (Å²) in [4.78, 5) is 13.6. The average molecular weight is 293 g/mol. The summed E-state index contributed by atoms with van der Waals surface area (Å²) in [6, 6.07) is 6.73. The number of oxime groups is 1. The van der Waals surface area contributed by atoms with Gasteiger partial charge < -0.3 is 25.7 Å². The number of ether oxygens (including phenoxy) is 1. The number of carbonyl (C=O) groups excluding carboxylic acids is 1. The number of rotatable bonds is 4. The van der Waals surface area contributed by atoms with E-state index in [1.807, 2.05) is 0 Å². The average Bonchev–Trinajstić information content (AvgIpc) is 2.84. The molecule has 4 N–H and O–H groups in total. The van der Waals surface area contributed by atoms with E-state index in [0.717, 1.165) is 0 Å². The molecule has 1 aromatic carbocycles. The van der Waals surface area contributed by atoms with Crippen LogP contribution in [0.2, 0.25) is 0 Å². The van der Waals surface area contributed by atoms with Gasteiger partial charge in [0.05, 0.1) is 11.2 Å². The van der Waals surface area contributed by atoms with Gasteiger partial charge in [-0.1, -0.05) is 17.3 Å². The van der Waals surface area contributed by atoms with Crippen LogP contribution in [0.3, 0.4) is 0 Å². The number of carbonyl (C=O) groups is 1. The lowest BCUT2D eigenvalue weighted by molar-refractivity contribution is -0.133. The molecule has 1 unspecified atom stereocenters. The zero-order chi connectivity index (χ0) is 15.5. The molecule has 0 spiro atoms. The number of β-amino-alcohol motifs (C(OH)–C–C–N with tert-alkyl or cyclic N) is 1. The molecule has 1 amide bonds. The van der Waals surface area contributed by atoms with Crippen LogP contribution in [-0.4, -0.2) is 52.3 Å². The largest absolute Gasteiger partial charge is 0.483 e. The molecule has 2 rings (SSSR count). The molecule has 1 aliphatic heterocycles. The summed E-state index contributed by atoms with van der Waals surface area (Å²) >= 11 is 0. The number of para-hydroxylation sites is 1. The number of hydrogen-bond acceptors (Lipinski definition) is 5. The molecule has 21 heavy (non-hydrogen) atoms. The number of likely N-dealkylation sites (tertiary alicyclic amines) is 1. The molecule has 1 aromatic rings. The fourth-order valence-electron chi connectivity index (χ4n) is 2.25. The van der Waals surface area contributed by atoms with Crippen molar-refractivity contribution in [2.24, 2.45) is 10.9 Å². The molecule has 0 saturated carbocycles. The Hall–Kier alpha value is -2.28. The molecular weight excluding hydrogens is 274 g/mol. The van der Waals surface area contributed by atoms with Gasteiger partial charge in [-0.15, -0.1) is 0 Å². The van der Waals surface area contributed by atoms with Crippen molar-refractivity contribution in [1.29, 1.82) is 0 Å². The second-order valence-electron chi connectivity index (χ2n) is 5.33. The summed E-state index contributed by atoms with van der Waals surface area (Å²) in [5.74, 6) is 0.0800. The van der Waals surface area contributed by atoms with Gasteiger partial charge in [0.2, 0.25) is 0 Å². The minimum absolute atomic E-state index is 0.0813. The molecule has 7 nitrogen and oxygen atoms in total. The van der Waals surface area contributed by atoms with E-state index in [1.54, 1.807) is 36.1 Å². The molecule has 1 aliphatic rings. The van der Waals surface area contributed by atoms with Gasteiger partial charge >= 0.3 is 0 Å². The molecule has 1 saturated heterocycles. The summed E-state index contributed by atoms with van der Waals surface area (Å²) in [6.07, 6.45) is 0.555. The Bertz CT molecular complexity index is 557. The van der Waals surface area contributed by atoms with Crippen molar-refractivity contribution in [3.05, 3.63) is 29.8 Å². The van der Waals surface area contributed by atoms with Crippen LogP contribution in [0.15, 0.2) is 29.4 Å². The molecule has 1 fully saturated rings. The summed E-state index contributed by atoms with van der Waals surface area (Å²) in [5.41, 5.74) is 5.14. The van der Waals surface area contributed by atoms with Crippen molar-refractivity contribution in [1.82, 2.24) is 4.90 Å². The van der Waals surface area contributed by atoms with E-state index in [-0.39, 0.29) is 18.3 Å². The maximum Gasteiger partial charge on any atom is 0.260 e. The van der Waals surface area contributed by atoms with E-state index in [2.05, 4.69) is 5.16 Å². The summed E-state index contributed by atoms with van der Waals surface area (Å²) in [6.45, 7) is 2.36. The zero-order valence-electron chi connectivity index (χ0n) is 11.8. The first-order valence-corrected chi connectivity index (χ1v) is 6.63. The van der Waals surface area contributed by atoms with E-state index in [0.29, 0.717) is 30.8 Å². The first-order chi connectivity index (χ1) is 9.93. The van der Waals surface area contributed by atoms with Gasteiger partial charge in [-0.3, -0.25) is 4.79 Å². The summed E-state index contributed by atoms with van der Waals surface area (Å²) in [5, 5.41) is 21.5. The lowest BCUT2D eigenvalue weighted by atomic mass is 10.1. The van der Waals surface area contributed by atoms with E-state index < -0.39 is 5.60 Å². The third kappa shape index (κ3) is 3.63. The smallest absolute Gasteiger partial charge is 0.260 e. The van der Waals surface area contributed by atoms with Crippen LogP contribution in [0.25, 0.3) is 0 Å². The normalized spacial score (nSPS) is 22.4. The van der Waals surface area contributed by atoms with Gasteiger partial charge in [-0.05, 0) is 25.5 Å². The van der Waals surface area contributed by atoms with Crippen molar-refractivity contribution in [2.75, 3.05) is 19.7 Å².